The summed E-state index contributed by atoms with van der Waals surface area (Å²) in [6.45, 7) is 3.94. The van der Waals surface area contributed by atoms with Gasteiger partial charge in [-0.2, -0.15) is 10.4 Å². The van der Waals surface area contributed by atoms with Gasteiger partial charge in [-0.1, -0.05) is 0 Å². The van der Waals surface area contributed by atoms with Gasteiger partial charge in [0.15, 0.2) is 5.69 Å². The van der Waals surface area contributed by atoms with Crippen LogP contribution in [-0.4, -0.2) is 9.78 Å². The topological polar surface area (TPSA) is 50.8 Å². The Labute approximate surface area is 70.4 Å². The molecule has 0 unspecified atom stereocenters. The van der Waals surface area contributed by atoms with Gasteiger partial charge in [0.1, 0.15) is 6.07 Å². The number of hydrogen-bond acceptors (Lipinski definition) is 3. The second kappa shape index (κ2) is 2.61. The van der Waals surface area contributed by atoms with E-state index >= 15 is 0 Å². The lowest BCUT2D eigenvalue weighted by atomic mass is 10.2. The summed E-state index contributed by atoms with van der Waals surface area (Å²) >= 11 is 0. The van der Waals surface area contributed by atoms with Crippen molar-refractivity contribution in [2.24, 2.45) is 0 Å². The summed E-state index contributed by atoms with van der Waals surface area (Å²) in [7, 11) is 0. The highest BCUT2D eigenvalue weighted by atomic mass is 16.5. The maximum Gasteiger partial charge on any atom is 0.168 e. The maximum atomic E-state index is 8.73. The molecule has 0 bridgehead atoms. The number of ether oxygens (including phenoxy) is 1. The molecule has 0 aliphatic carbocycles. The van der Waals surface area contributed by atoms with Crippen molar-refractivity contribution in [3.63, 3.8) is 0 Å². The molecule has 62 valence electrons. The predicted octanol–water partition coefficient (Wildman–Crippen LogP) is 0.805. The molecule has 0 saturated heterocycles. The fourth-order valence-electron chi connectivity index (χ4n) is 1.45. The summed E-state index contributed by atoms with van der Waals surface area (Å²) in [4.78, 5) is 0. The summed E-state index contributed by atoms with van der Waals surface area (Å²) in [5, 5.41) is 12.9. The van der Waals surface area contributed by atoms with E-state index in [0.29, 0.717) is 18.9 Å². The van der Waals surface area contributed by atoms with Gasteiger partial charge in [-0.3, -0.25) is 4.68 Å². The van der Waals surface area contributed by atoms with Crippen LogP contribution in [-0.2, 0) is 24.5 Å². The number of hydrogen-bond donors (Lipinski definition) is 0. The Morgan fingerprint density at radius 2 is 2.50 bits per heavy atom. The van der Waals surface area contributed by atoms with Crippen molar-refractivity contribution in [2.75, 3.05) is 0 Å². The number of rotatable bonds is 1. The number of aryl methyl sites for hydroxylation is 1. The molecule has 1 aliphatic rings. The molecule has 0 atom stereocenters. The van der Waals surface area contributed by atoms with Gasteiger partial charge in [0, 0.05) is 12.1 Å². The molecule has 2 rings (SSSR count). The third-order valence-electron chi connectivity index (χ3n) is 2.06. The zero-order valence-electron chi connectivity index (χ0n) is 6.87. The highest BCUT2D eigenvalue weighted by Gasteiger charge is 2.21. The summed E-state index contributed by atoms with van der Waals surface area (Å²) < 4.78 is 7.06. The van der Waals surface area contributed by atoms with Gasteiger partial charge in [0.25, 0.3) is 0 Å². The maximum absolute atomic E-state index is 8.73. The Balaban J connectivity index is 2.56. The average molecular weight is 163 g/mol. The van der Waals surface area contributed by atoms with E-state index in [-0.39, 0.29) is 0 Å². The van der Waals surface area contributed by atoms with Crippen LogP contribution in [0.25, 0.3) is 0 Å². The molecule has 0 amide bonds. The lowest BCUT2D eigenvalue weighted by Crippen LogP contribution is -2.01. The fraction of sp³-hybridized carbons (Fsp3) is 0.500. The average Bonchev–Trinajstić information content (AvgIpc) is 2.63. The SMILES string of the molecule is CCn1nc(C#N)c2c1COC2. The number of fused-ring (bicyclic) bond motifs is 1. The second-order valence-corrected chi connectivity index (χ2v) is 2.69. The molecule has 1 aromatic rings. The summed E-state index contributed by atoms with van der Waals surface area (Å²) in [5.74, 6) is 0. The Morgan fingerprint density at radius 1 is 1.67 bits per heavy atom. The van der Waals surface area contributed by atoms with Gasteiger partial charge >= 0.3 is 0 Å². The number of aromatic nitrogens is 2. The zero-order chi connectivity index (χ0) is 8.55. The molecule has 12 heavy (non-hydrogen) atoms. The van der Waals surface area contributed by atoms with Crippen molar-refractivity contribution in [2.45, 2.75) is 26.7 Å². The van der Waals surface area contributed by atoms with Crippen LogP contribution < -0.4 is 0 Å². The standard InChI is InChI=1S/C8H9N3O/c1-2-11-8-5-12-4-6(8)7(3-9)10-11/h2,4-5H2,1H3. The van der Waals surface area contributed by atoms with Crippen LogP contribution >= 0.6 is 0 Å². The van der Waals surface area contributed by atoms with Crippen molar-refractivity contribution in [1.82, 2.24) is 9.78 Å². The largest absolute Gasteiger partial charge is 0.370 e. The Morgan fingerprint density at radius 3 is 3.17 bits per heavy atom. The highest BCUT2D eigenvalue weighted by Crippen LogP contribution is 2.22. The third-order valence-corrected chi connectivity index (χ3v) is 2.06. The van der Waals surface area contributed by atoms with Crippen LogP contribution in [0.2, 0.25) is 0 Å². The minimum Gasteiger partial charge on any atom is -0.370 e. The normalized spacial score (nSPS) is 14.3. The molecule has 1 aliphatic heterocycles. The molecule has 1 aromatic heterocycles. The van der Waals surface area contributed by atoms with Gasteiger partial charge in [-0.15, -0.1) is 0 Å². The first-order valence-corrected chi connectivity index (χ1v) is 3.93. The molecule has 0 fully saturated rings. The minimum atomic E-state index is 0.518. The smallest absolute Gasteiger partial charge is 0.168 e. The van der Waals surface area contributed by atoms with Crippen LogP contribution in [0.5, 0.6) is 0 Å². The second-order valence-electron chi connectivity index (χ2n) is 2.69. The summed E-state index contributed by atoms with van der Waals surface area (Å²) in [6.07, 6.45) is 0. The highest BCUT2D eigenvalue weighted by molar-refractivity contribution is 5.35. The first-order valence-electron chi connectivity index (χ1n) is 3.93. The number of nitriles is 1. The predicted molar refractivity (Wildman–Crippen MR) is 41.1 cm³/mol. The molecule has 0 saturated carbocycles. The Bertz CT molecular complexity index is 348. The van der Waals surface area contributed by atoms with E-state index < -0.39 is 0 Å². The molecule has 2 heterocycles. The lowest BCUT2D eigenvalue weighted by Gasteiger charge is -1.98. The van der Waals surface area contributed by atoms with E-state index in [9.17, 15) is 0 Å². The summed E-state index contributed by atoms with van der Waals surface area (Å²) in [6, 6.07) is 2.07. The quantitative estimate of drug-likeness (QED) is 0.615. The fourth-order valence-corrected chi connectivity index (χ4v) is 1.45. The Hall–Kier alpha value is -1.34. The Kier molecular flexibility index (Phi) is 1.59. The minimum absolute atomic E-state index is 0.518. The molecule has 0 aromatic carbocycles. The molecule has 0 spiro atoms. The van der Waals surface area contributed by atoms with Crippen molar-refractivity contribution in [3.05, 3.63) is 17.0 Å². The molecule has 0 N–H and O–H groups in total. The van der Waals surface area contributed by atoms with Crippen LogP contribution in [0, 0.1) is 11.3 Å². The van der Waals surface area contributed by atoms with E-state index in [0.717, 1.165) is 17.8 Å². The van der Waals surface area contributed by atoms with Crippen molar-refractivity contribution >= 4 is 0 Å². The zero-order valence-corrected chi connectivity index (χ0v) is 6.87. The van der Waals surface area contributed by atoms with E-state index in [2.05, 4.69) is 11.2 Å². The first-order chi connectivity index (χ1) is 5.86. The lowest BCUT2D eigenvalue weighted by molar-refractivity contribution is 0.129. The third kappa shape index (κ3) is 0.836. The van der Waals surface area contributed by atoms with E-state index in [1.807, 2.05) is 11.6 Å². The van der Waals surface area contributed by atoms with E-state index in [1.54, 1.807) is 0 Å². The number of nitrogens with zero attached hydrogens (tertiary/aromatic N) is 3. The van der Waals surface area contributed by atoms with Crippen LogP contribution in [0.4, 0.5) is 0 Å². The van der Waals surface area contributed by atoms with Crippen molar-refractivity contribution < 1.29 is 4.74 Å². The molecule has 4 heteroatoms. The van der Waals surface area contributed by atoms with Crippen LogP contribution in [0.15, 0.2) is 0 Å². The van der Waals surface area contributed by atoms with Gasteiger partial charge in [-0.25, -0.2) is 0 Å². The first kappa shape index (κ1) is 7.32. The molecule has 4 nitrogen and oxygen atoms in total. The van der Waals surface area contributed by atoms with Gasteiger partial charge in [-0.05, 0) is 6.92 Å². The van der Waals surface area contributed by atoms with Gasteiger partial charge in [0.2, 0.25) is 0 Å². The van der Waals surface area contributed by atoms with Crippen LogP contribution in [0.1, 0.15) is 23.9 Å². The van der Waals surface area contributed by atoms with Crippen molar-refractivity contribution in [1.29, 1.82) is 5.26 Å². The summed E-state index contributed by atoms with van der Waals surface area (Å²) in [5.41, 5.74) is 2.55. The van der Waals surface area contributed by atoms with Gasteiger partial charge < -0.3 is 4.74 Å². The van der Waals surface area contributed by atoms with Crippen molar-refractivity contribution in [3.8, 4) is 6.07 Å². The molecular weight excluding hydrogens is 154 g/mol. The van der Waals surface area contributed by atoms with Gasteiger partial charge in [0.05, 0.1) is 18.9 Å². The van der Waals surface area contributed by atoms with Crippen LogP contribution in [0.3, 0.4) is 0 Å². The molecule has 0 radical (unpaired) electrons. The molecular formula is C8H9N3O. The monoisotopic (exact) mass is 163 g/mol. The van der Waals surface area contributed by atoms with E-state index in [1.165, 1.54) is 0 Å². The van der Waals surface area contributed by atoms with E-state index in [4.69, 9.17) is 10.00 Å².